The van der Waals surface area contributed by atoms with Crippen molar-refractivity contribution in [2.75, 3.05) is 19.3 Å². The predicted molar refractivity (Wildman–Crippen MR) is 66.8 cm³/mol. The molecule has 0 radical (unpaired) electrons. The highest BCUT2D eigenvalue weighted by Gasteiger charge is 2.31. The summed E-state index contributed by atoms with van der Waals surface area (Å²) in [4.78, 5) is 5.54. The number of thiazole rings is 1. The molecule has 0 spiro atoms. The number of imidazole rings is 1. The van der Waals surface area contributed by atoms with E-state index >= 15 is 0 Å². The number of rotatable bonds is 2. The van der Waals surface area contributed by atoms with Crippen LogP contribution < -0.4 is 0 Å². The van der Waals surface area contributed by atoms with Crippen LogP contribution in [0.2, 0.25) is 0 Å². The van der Waals surface area contributed by atoms with Crippen LogP contribution in [0.3, 0.4) is 0 Å². The van der Waals surface area contributed by atoms with E-state index in [1.165, 1.54) is 10.6 Å². The van der Waals surface area contributed by atoms with Crippen LogP contribution >= 0.6 is 11.3 Å². The Morgan fingerprint density at radius 3 is 3.06 bits per heavy atom. The molecule has 1 aliphatic heterocycles. The fourth-order valence-corrected chi connectivity index (χ4v) is 4.06. The van der Waals surface area contributed by atoms with E-state index in [2.05, 4.69) is 4.98 Å². The van der Waals surface area contributed by atoms with Gasteiger partial charge in [0.25, 0.3) is 0 Å². The maximum absolute atomic E-state index is 11.5. The molecule has 1 unspecified atom stereocenters. The highest BCUT2D eigenvalue weighted by atomic mass is 32.2. The first-order valence-corrected chi connectivity index (χ1v) is 8.13. The number of sulfonamides is 1. The van der Waals surface area contributed by atoms with Crippen LogP contribution in [-0.2, 0) is 10.0 Å². The second kappa shape index (κ2) is 3.79. The van der Waals surface area contributed by atoms with Crippen LogP contribution in [0.5, 0.6) is 0 Å². The van der Waals surface area contributed by atoms with Gasteiger partial charge in [-0.15, -0.1) is 11.3 Å². The lowest BCUT2D eigenvalue weighted by molar-refractivity contribution is 0.478. The molecule has 3 rings (SSSR count). The van der Waals surface area contributed by atoms with Crippen LogP contribution in [0, 0.1) is 0 Å². The summed E-state index contributed by atoms with van der Waals surface area (Å²) < 4.78 is 26.5. The minimum Gasteiger partial charge on any atom is -0.297 e. The Morgan fingerprint density at radius 1 is 1.53 bits per heavy atom. The van der Waals surface area contributed by atoms with Gasteiger partial charge in [0.1, 0.15) is 11.2 Å². The average Bonchev–Trinajstić information content (AvgIpc) is 2.91. The fourth-order valence-electron chi connectivity index (χ4n) is 2.28. The van der Waals surface area contributed by atoms with Crippen molar-refractivity contribution in [1.82, 2.24) is 13.7 Å². The first-order valence-electron chi connectivity index (χ1n) is 5.41. The van der Waals surface area contributed by atoms with E-state index in [9.17, 15) is 8.42 Å². The molecule has 0 amide bonds. The Morgan fingerprint density at radius 2 is 2.35 bits per heavy atom. The molecular formula is C10H13N3O2S2. The largest absolute Gasteiger partial charge is 0.297 e. The third-order valence-corrected chi connectivity index (χ3v) is 5.35. The van der Waals surface area contributed by atoms with E-state index in [0.717, 1.165) is 16.9 Å². The lowest BCUT2D eigenvalue weighted by atomic mass is 10.1. The molecule has 5 nitrogen and oxygen atoms in total. The van der Waals surface area contributed by atoms with E-state index in [1.807, 2.05) is 16.0 Å². The summed E-state index contributed by atoms with van der Waals surface area (Å²) in [5.74, 6) is 0.230. The van der Waals surface area contributed by atoms with Crippen molar-refractivity contribution in [1.29, 1.82) is 0 Å². The maximum atomic E-state index is 11.5. The summed E-state index contributed by atoms with van der Waals surface area (Å²) in [6.07, 6.45) is 5.89. The standard InChI is InChI=1S/C10H13N3O2S2/c1-17(14,15)13-3-2-8(6-13)9-10-12(7-11-9)4-5-16-10/h4-5,7-8H,2-3,6H2,1H3. The van der Waals surface area contributed by atoms with Gasteiger partial charge in [0.2, 0.25) is 10.0 Å². The second-order valence-electron chi connectivity index (χ2n) is 4.35. The van der Waals surface area contributed by atoms with Crippen molar-refractivity contribution in [3.8, 4) is 0 Å². The number of nitrogens with zero attached hydrogens (tertiary/aromatic N) is 3. The molecule has 0 aliphatic carbocycles. The number of fused-ring (bicyclic) bond motifs is 1. The van der Waals surface area contributed by atoms with E-state index in [1.54, 1.807) is 17.7 Å². The summed E-state index contributed by atoms with van der Waals surface area (Å²) in [5.41, 5.74) is 1.03. The topological polar surface area (TPSA) is 54.7 Å². The molecule has 0 N–H and O–H groups in total. The van der Waals surface area contributed by atoms with Gasteiger partial charge in [0.15, 0.2) is 0 Å². The molecule has 2 aromatic heterocycles. The fraction of sp³-hybridized carbons (Fsp3) is 0.500. The van der Waals surface area contributed by atoms with Crippen molar-refractivity contribution in [2.45, 2.75) is 12.3 Å². The summed E-state index contributed by atoms with van der Waals surface area (Å²) >= 11 is 1.65. The molecule has 1 aliphatic rings. The quantitative estimate of drug-likeness (QED) is 0.823. The average molecular weight is 271 g/mol. The molecule has 1 atom stereocenters. The number of hydrogen-bond donors (Lipinski definition) is 0. The molecule has 0 bridgehead atoms. The van der Waals surface area contributed by atoms with Gasteiger partial charge in [0.05, 0.1) is 11.9 Å². The van der Waals surface area contributed by atoms with Crippen molar-refractivity contribution < 1.29 is 8.42 Å². The van der Waals surface area contributed by atoms with Crippen molar-refractivity contribution in [2.24, 2.45) is 0 Å². The van der Waals surface area contributed by atoms with Crippen LogP contribution in [-0.4, -0.2) is 41.5 Å². The second-order valence-corrected chi connectivity index (χ2v) is 7.23. The van der Waals surface area contributed by atoms with Crippen molar-refractivity contribution in [3.63, 3.8) is 0 Å². The maximum Gasteiger partial charge on any atom is 0.211 e. The Labute approximate surface area is 104 Å². The molecule has 0 saturated carbocycles. The minimum absolute atomic E-state index is 0.230. The van der Waals surface area contributed by atoms with Gasteiger partial charge in [-0.25, -0.2) is 17.7 Å². The summed E-state index contributed by atoms with van der Waals surface area (Å²) in [6, 6.07) is 0. The first-order chi connectivity index (χ1) is 8.05. The molecular weight excluding hydrogens is 258 g/mol. The van der Waals surface area contributed by atoms with Gasteiger partial charge < -0.3 is 0 Å². The lowest BCUT2D eigenvalue weighted by Crippen LogP contribution is -2.27. The molecule has 92 valence electrons. The number of aromatic nitrogens is 2. The van der Waals surface area contributed by atoms with E-state index < -0.39 is 10.0 Å². The predicted octanol–water partition coefficient (Wildman–Crippen LogP) is 1.14. The molecule has 1 saturated heterocycles. The van der Waals surface area contributed by atoms with Crippen LogP contribution in [0.4, 0.5) is 0 Å². The lowest BCUT2D eigenvalue weighted by Gasteiger charge is -2.12. The Bertz CT molecular complexity index is 643. The molecule has 3 heterocycles. The highest BCUT2D eigenvalue weighted by Crippen LogP contribution is 2.31. The van der Waals surface area contributed by atoms with Gasteiger partial charge in [-0.2, -0.15) is 0 Å². The van der Waals surface area contributed by atoms with E-state index in [-0.39, 0.29) is 5.92 Å². The zero-order valence-corrected chi connectivity index (χ0v) is 11.0. The Balaban J connectivity index is 1.91. The Kier molecular flexibility index (Phi) is 2.49. The van der Waals surface area contributed by atoms with Crippen LogP contribution in [0.1, 0.15) is 18.0 Å². The minimum atomic E-state index is -3.06. The van der Waals surface area contributed by atoms with Gasteiger partial charge in [-0.1, -0.05) is 0 Å². The Hall–Kier alpha value is -0.920. The zero-order chi connectivity index (χ0) is 12.0. The first kappa shape index (κ1) is 11.2. The molecule has 1 fully saturated rings. The van der Waals surface area contributed by atoms with Crippen LogP contribution in [0.25, 0.3) is 4.83 Å². The highest BCUT2D eigenvalue weighted by molar-refractivity contribution is 7.88. The van der Waals surface area contributed by atoms with Gasteiger partial charge in [-0.3, -0.25) is 4.40 Å². The zero-order valence-electron chi connectivity index (χ0n) is 9.41. The van der Waals surface area contributed by atoms with Gasteiger partial charge in [-0.05, 0) is 6.42 Å². The molecule has 17 heavy (non-hydrogen) atoms. The van der Waals surface area contributed by atoms with Gasteiger partial charge >= 0.3 is 0 Å². The van der Waals surface area contributed by atoms with E-state index in [0.29, 0.717) is 13.1 Å². The molecule has 7 heteroatoms. The van der Waals surface area contributed by atoms with Crippen molar-refractivity contribution >= 4 is 26.2 Å². The molecule has 2 aromatic rings. The summed E-state index contributed by atoms with van der Waals surface area (Å²) in [6.45, 7) is 1.16. The normalized spacial score (nSPS) is 22.5. The van der Waals surface area contributed by atoms with E-state index in [4.69, 9.17) is 0 Å². The van der Waals surface area contributed by atoms with Gasteiger partial charge in [0, 0.05) is 30.6 Å². The monoisotopic (exact) mass is 271 g/mol. The SMILES string of the molecule is CS(=O)(=O)N1CCC(c2ncn3ccsc23)C1. The third-order valence-electron chi connectivity index (χ3n) is 3.18. The van der Waals surface area contributed by atoms with Crippen molar-refractivity contribution in [3.05, 3.63) is 23.6 Å². The molecule has 0 aromatic carbocycles. The third kappa shape index (κ3) is 1.88. The van der Waals surface area contributed by atoms with Crippen LogP contribution in [0.15, 0.2) is 17.9 Å². The smallest absolute Gasteiger partial charge is 0.211 e. The summed E-state index contributed by atoms with van der Waals surface area (Å²) in [5, 5.41) is 2.02. The summed E-state index contributed by atoms with van der Waals surface area (Å²) in [7, 11) is -3.06. The number of hydrogen-bond acceptors (Lipinski definition) is 4.